The minimum Gasteiger partial charge on any atom is -0.478 e. The standard InChI is InChI=1S/C30H27ClN2O4/c1-32(2)22-11-8-19(9-12-22)23-17-28(35)33(25-14-20(30(36)37)10-13-24(25)31)26-15-21(16-27(34)29(23)26)18-6-4-3-5-7-18/h3-14,21,23H,15-17H2,1-2H3,(H,36,37). The number of hydrogen-bond acceptors (Lipinski definition) is 4. The Morgan fingerprint density at radius 1 is 0.919 bits per heavy atom. The van der Waals surface area contributed by atoms with Crippen LogP contribution in [-0.4, -0.2) is 36.9 Å². The fourth-order valence-electron chi connectivity index (χ4n) is 5.38. The van der Waals surface area contributed by atoms with Crippen molar-refractivity contribution in [2.75, 3.05) is 23.9 Å². The molecule has 2 atom stereocenters. The van der Waals surface area contributed by atoms with Gasteiger partial charge in [0.05, 0.1) is 16.3 Å². The van der Waals surface area contributed by atoms with E-state index >= 15 is 0 Å². The van der Waals surface area contributed by atoms with Gasteiger partial charge in [-0.05, 0) is 53.8 Å². The van der Waals surface area contributed by atoms with Crippen LogP contribution in [0.1, 0.15) is 52.6 Å². The molecule has 0 fully saturated rings. The van der Waals surface area contributed by atoms with E-state index in [4.69, 9.17) is 11.6 Å². The van der Waals surface area contributed by atoms with Crippen LogP contribution >= 0.6 is 11.6 Å². The fraction of sp³-hybridized carbons (Fsp3) is 0.233. The lowest BCUT2D eigenvalue weighted by Gasteiger charge is -2.41. The maximum Gasteiger partial charge on any atom is 0.335 e. The summed E-state index contributed by atoms with van der Waals surface area (Å²) in [6, 6.07) is 22.0. The topological polar surface area (TPSA) is 77.9 Å². The molecule has 0 aromatic heterocycles. The zero-order valence-corrected chi connectivity index (χ0v) is 21.4. The van der Waals surface area contributed by atoms with Crippen molar-refractivity contribution in [3.05, 3.63) is 106 Å². The van der Waals surface area contributed by atoms with E-state index in [9.17, 15) is 19.5 Å². The normalized spacial score (nSPS) is 19.6. The van der Waals surface area contributed by atoms with Crippen molar-refractivity contribution in [2.45, 2.75) is 31.1 Å². The summed E-state index contributed by atoms with van der Waals surface area (Å²) in [6.07, 6.45) is 0.909. The van der Waals surface area contributed by atoms with E-state index in [1.165, 1.54) is 23.1 Å². The predicted octanol–water partition coefficient (Wildman–Crippen LogP) is 6.03. The van der Waals surface area contributed by atoms with E-state index in [0.717, 1.165) is 16.8 Å². The van der Waals surface area contributed by atoms with Gasteiger partial charge in [0.1, 0.15) is 0 Å². The van der Waals surface area contributed by atoms with Gasteiger partial charge in [0.2, 0.25) is 5.91 Å². The first-order chi connectivity index (χ1) is 17.7. The first-order valence-electron chi connectivity index (χ1n) is 12.2. The summed E-state index contributed by atoms with van der Waals surface area (Å²) < 4.78 is 0. The van der Waals surface area contributed by atoms with Crippen molar-refractivity contribution >= 4 is 40.6 Å². The Morgan fingerprint density at radius 2 is 1.62 bits per heavy atom. The lowest BCUT2D eigenvalue weighted by Crippen LogP contribution is -2.42. The second-order valence-corrected chi connectivity index (χ2v) is 10.1. The molecular formula is C30H27ClN2O4. The number of ketones is 1. The third kappa shape index (κ3) is 4.65. The van der Waals surface area contributed by atoms with Gasteiger partial charge in [-0.2, -0.15) is 0 Å². The molecular weight excluding hydrogens is 488 g/mol. The average molecular weight is 515 g/mol. The molecule has 1 aliphatic carbocycles. The first kappa shape index (κ1) is 24.8. The molecule has 3 aromatic rings. The van der Waals surface area contributed by atoms with E-state index in [1.54, 1.807) is 0 Å². The number of carbonyl (C=O) groups excluding carboxylic acids is 2. The number of halogens is 1. The van der Waals surface area contributed by atoms with Crippen LogP contribution in [0, 0.1) is 0 Å². The molecule has 1 amide bonds. The van der Waals surface area contributed by atoms with Crippen molar-refractivity contribution in [1.29, 1.82) is 0 Å². The molecule has 37 heavy (non-hydrogen) atoms. The van der Waals surface area contributed by atoms with Crippen LogP contribution < -0.4 is 9.80 Å². The van der Waals surface area contributed by atoms with Crippen LogP contribution in [-0.2, 0) is 9.59 Å². The molecule has 2 aliphatic rings. The molecule has 0 bridgehead atoms. The summed E-state index contributed by atoms with van der Waals surface area (Å²) in [5, 5.41) is 9.82. The summed E-state index contributed by atoms with van der Waals surface area (Å²) in [7, 11) is 3.92. The Hall–Kier alpha value is -3.90. The van der Waals surface area contributed by atoms with Gasteiger partial charge in [0.15, 0.2) is 5.78 Å². The molecule has 0 radical (unpaired) electrons. The Morgan fingerprint density at radius 3 is 2.27 bits per heavy atom. The van der Waals surface area contributed by atoms with E-state index in [2.05, 4.69) is 0 Å². The molecule has 0 saturated heterocycles. The smallest absolute Gasteiger partial charge is 0.335 e. The molecule has 188 valence electrons. The summed E-state index contributed by atoms with van der Waals surface area (Å²) in [6.45, 7) is 0. The van der Waals surface area contributed by atoms with Gasteiger partial charge in [-0.15, -0.1) is 0 Å². The molecule has 0 spiro atoms. The van der Waals surface area contributed by atoms with Gasteiger partial charge in [0, 0.05) is 49.8 Å². The third-order valence-corrected chi connectivity index (χ3v) is 7.57. The van der Waals surface area contributed by atoms with Crippen molar-refractivity contribution in [3.63, 3.8) is 0 Å². The Labute approximate surface area is 220 Å². The number of Topliss-reactive ketones (excluding diaryl/α,β-unsaturated/α-hetero) is 1. The minimum absolute atomic E-state index is 0.000184. The van der Waals surface area contributed by atoms with Gasteiger partial charge >= 0.3 is 5.97 Å². The van der Waals surface area contributed by atoms with E-state index in [0.29, 0.717) is 29.8 Å². The first-order valence-corrected chi connectivity index (χ1v) is 12.6. The zero-order valence-electron chi connectivity index (χ0n) is 20.6. The van der Waals surface area contributed by atoms with Crippen LogP contribution in [0.15, 0.2) is 84.1 Å². The second-order valence-electron chi connectivity index (χ2n) is 9.74. The van der Waals surface area contributed by atoms with Crippen LogP contribution in [0.3, 0.4) is 0 Å². The van der Waals surface area contributed by atoms with Gasteiger partial charge in [0.25, 0.3) is 0 Å². The van der Waals surface area contributed by atoms with Crippen LogP contribution in [0.25, 0.3) is 0 Å². The maximum absolute atomic E-state index is 13.8. The monoisotopic (exact) mass is 514 g/mol. The Bertz CT molecular complexity index is 1410. The average Bonchev–Trinajstić information content (AvgIpc) is 2.89. The number of rotatable bonds is 5. The van der Waals surface area contributed by atoms with Crippen LogP contribution in [0.5, 0.6) is 0 Å². The molecule has 0 saturated carbocycles. The van der Waals surface area contributed by atoms with Crippen LogP contribution in [0.2, 0.25) is 5.02 Å². The van der Waals surface area contributed by atoms with E-state index < -0.39 is 5.97 Å². The molecule has 1 N–H and O–H groups in total. The van der Waals surface area contributed by atoms with Gasteiger partial charge in [-0.3, -0.25) is 14.5 Å². The number of nitrogens with zero attached hydrogens (tertiary/aromatic N) is 2. The number of amides is 1. The highest BCUT2D eigenvalue weighted by molar-refractivity contribution is 6.34. The number of anilines is 2. The molecule has 1 aliphatic heterocycles. The number of hydrogen-bond donors (Lipinski definition) is 1. The fourth-order valence-corrected chi connectivity index (χ4v) is 5.58. The molecule has 3 aromatic carbocycles. The van der Waals surface area contributed by atoms with Gasteiger partial charge < -0.3 is 10.0 Å². The molecule has 5 rings (SSSR count). The highest BCUT2D eigenvalue weighted by atomic mass is 35.5. The quantitative estimate of drug-likeness (QED) is 0.450. The number of aromatic carboxylic acids is 1. The minimum atomic E-state index is -1.11. The van der Waals surface area contributed by atoms with Crippen molar-refractivity contribution < 1.29 is 19.5 Å². The maximum atomic E-state index is 13.8. The van der Waals surface area contributed by atoms with Crippen molar-refractivity contribution in [3.8, 4) is 0 Å². The van der Waals surface area contributed by atoms with Gasteiger partial charge in [-0.1, -0.05) is 54.1 Å². The second kappa shape index (κ2) is 9.87. The van der Waals surface area contributed by atoms with Crippen LogP contribution in [0.4, 0.5) is 11.4 Å². The third-order valence-electron chi connectivity index (χ3n) is 7.25. The summed E-state index contributed by atoms with van der Waals surface area (Å²) in [5.74, 6) is -1.80. The lowest BCUT2D eigenvalue weighted by molar-refractivity contribution is -0.120. The number of carboxylic acid groups (broad SMARTS) is 1. The molecule has 2 unspecified atom stereocenters. The van der Waals surface area contributed by atoms with Gasteiger partial charge in [-0.25, -0.2) is 4.79 Å². The largest absolute Gasteiger partial charge is 0.478 e. The van der Waals surface area contributed by atoms with Crippen molar-refractivity contribution in [1.82, 2.24) is 0 Å². The number of allylic oxidation sites excluding steroid dienone is 2. The zero-order chi connectivity index (χ0) is 26.3. The van der Waals surface area contributed by atoms with E-state index in [-0.39, 0.29) is 40.5 Å². The predicted molar refractivity (Wildman–Crippen MR) is 144 cm³/mol. The summed E-state index contributed by atoms with van der Waals surface area (Å²) in [5.41, 5.74) is 4.49. The number of carbonyl (C=O) groups is 3. The summed E-state index contributed by atoms with van der Waals surface area (Å²) in [4.78, 5) is 42.7. The molecule has 6 nitrogen and oxygen atoms in total. The lowest BCUT2D eigenvalue weighted by atomic mass is 9.72. The Balaban J connectivity index is 1.67. The van der Waals surface area contributed by atoms with Crippen molar-refractivity contribution in [2.24, 2.45) is 0 Å². The highest BCUT2D eigenvalue weighted by Crippen LogP contribution is 2.48. The number of carboxylic acids is 1. The highest BCUT2D eigenvalue weighted by Gasteiger charge is 2.43. The summed E-state index contributed by atoms with van der Waals surface area (Å²) >= 11 is 6.52. The Kier molecular flexibility index (Phi) is 6.61. The van der Waals surface area contributed by atoms with E-state index in [1.807, 2.05) is 73.6 Å². The molecule has 1 heterocycles. The number of benzene rings is 3. The SMILES string of the molecule is CN(C)c1ccc(C2CC(=O)N(c3cc(C(=O)O)ccc3Cl)C3=C2C(=O)CC(c2ccccc2)C3)cc1. The molecule has 7 heteroatoms.